The summed E-state index contributed by atoms with van der Waals surface area (Å²) in [5.74, 6) is -2.84. The molecular weight excluding hydrogens is 606 g/mol. The zero-order valence-electron chi connectivity index (χ0n) is 23.9. The number of aliphatic hydroxyl groups is 1. The van der Waals surface area contributed by atoms with Crippen LogP contribution in [-0.4, -0.2) is 72.0 Å². The topological polar surface area (TPSA) is 138 Å². The van der Waals surface area contributed by atoms with Crippen molar-refractivity contribution in [1.29, 1.82) is 5.26 Å². The maximum absolute atomic E-state index is 14.5. The van der Waals surface area contributed by atoms with Crippen LogP contribution in [0.5, 0.6) is 5.75 Å². The van der Waals surface area contributed by atoms with E-state index >= 15 is 0 Å². The summed E-state index contributed by atoms with van der Waals surface area (Å²) in [6, 6.07) is 10.5. The first-order chi connectivity index (χ1) is 20.7. The van der Waals surface area contributed by atoms with E-state index in [2.05, 4.69) is 15.2 Å². The van der Waals surface area contributed by atoms with Crippen LogP contribution in [0.4, 0.5) is 17.6 Å². The molecule has 1 aromatic heterocycles. The molecule has 10 nitrogen and oxygen atoms in total. The summed E-state index contributed by atoms with van der Waals surface area (Å²) in [5, 5.41) is 22.8. The van der Waals surface area contributed by atoms with Crippen molar-refractivity contribution in [2.75, 3.05) is 19.8 Å². The molecule has 1 fully saturated rings. The van der Waals surface area contributed by atoms with E-state index in [1.165, 1.54) is 34.9 Å². The highest BCUT2D eigenvalue weighted by Crippen LogP contribution is 2.31. The van der Waals surface area contributed by atoms with E-state index in [1.807, 2.05) is 20.2 Å². The second-order valence-corrected chi connectivity index (χ2v) is 12.4. The first-order valence-corrected chi connectivity index (χ1v) is 15.3. The van der Waals surface area contributed by atoms with Crippen LogP contribution in [0.1, 0.15) is 53.8 Å². The van der Waals surface area contributed by atoms with Gasteiger partial charge in [0.2, 0.25) is 0 Å². The molecule has 2 atom stereocenters. The Labute approximate surface area is 252 Å². The van der Waals surface area contributed by atoms with Crippen LogP contribution in [0.15, 0.2) is 42.5 Å². The van der Waals surface area contributed by atoms with Gasteiger partial charge >= 0.3 is 16.3 Å². The number of aromatic nitrogens is 2. The normalized spacial score (nSPS) is 17.3. The van der Waals surface area contributed by atoms with E-state index in [1.54, 1.807) is 0 Å². The molecule has 2 aromatic carbocycles. The van der Waals surface area contributed by atoms with Gasteiger partial charge in [-0.15, -0.1) is 0 Å². The van der Waals surface area contributed by atoms with Gasteiger partial charge in [0.25, 0.3) is 5.91 Å². The standard InChI is InChI=1S/C29H31F4N5O5S/c1-37(2)23-5-3-4-21(15-23)35-28(40)26-25(17-39)38(27(36-26)19-12-18(16-34)13-20(30)14-19)22-6-8-24(9-7-22)43-44(41,42)11-10-29(31,32)33/h6-9,12-14,21,23,39H,3-5,10-11,15,17H2,1-2H3,(H,35,40). The Morgan fingerprint density at radius 1 is 1.20 bits per heavy atom. The second-order valence-electron chi connectivity index (χ2n) is 10.7. The Hall–Kier alpha value is -4.00. The van der Waals surface area contributed by atoms with Crippen molar-refractivity contribution >= 4 is 16.0 Å². The van der Waals surface area contributed by atoms with Crippen LogP contribution in [-0.2, 0) is 16.7 Å². The van der Waals surface area contributed by atoms with Crippen molar-refractivity contribution in [3.05, 3.63) is 65.2 Å². The molecule has 4 rings (SSSR count). The number of carbonyl (C=O) groups is 1. The van der Waals surface area contributed by atoms with Gasteiger partial charge < -0.3 is 19.5 Å². The predicted molar refractivity (Wildman–Crippen MR) is 152 cm³/mol. The fourth-order valence-electron chi connectivity index (χ4n) is 5.13. The summed E-state index contributed by atoms with van der Waals surface area (Å²) in [6.07, 6.45) is -2.91. The Morgan fingerprint density at radius 2 is 1.91 bits per heavy atom. The smallest absolute Gasteiger partial charge is 0.390 e. The highest BCUT2D eigenvalue weighted by Gasteiger charge is 2.31. The number of aliphatic hydroxyl groups excluding tert-OH is 1. The molecule has 44 heavy (non-hydrogen) atoms. The molecule has 2 unspecified atom stereocenters. The Balaban J connectivity index is 1.73. The van der Waals surface area contributed by atoms with Gasteiger partial charge in [-0.1, -0.05) is 0 Å². The van der Waals surface area contributed by atoms with E-state index < -0.39 is 46.8 Å². The summed E-state index contributed by atoms with van der Waals surface area (Å²) in [6.45, 7) is -0.675. The number of nitrogens with zero attached hydrogens (tertiary/aromatic N) is 4. The summed E-state index contributed by atoms with van der Waals surface area (Å²) >= 11 is 0. The molecule has 0 bridgehead atoms. The first-order valence-electron chi connectivity index (χ1n) is 13.7. The number of rotatable bonds is 10. The second kappa shape index (κ2) is 13.3. The lowest BCUT2D eigenvalue weighted by Crippen LogP contribution is -2.44. The third-order valence-corrected chi connectivity index (χ3v) is 8.44. The van der Waals surface area contributed by atoms with E-state index in [4.69, 9.17) is 4.18 Å². The SMILES string of the molecule is CN(C)C1CCCC(NC(=O)c2nc(-c3cc(F)cc(C#N)c3)n(-c3ccc(OS(=O)(=O)CCC(F)(F)F)cc3)c2CO)C1. The summed E-state index contributed by atoms with van der Waals surface area (Å²) < 4.78 is 82.3. The Bertz CT molecular complexity index is 1650. The highest BCUT2D eigenvalue weighted by atomic mass is 32.2. The first kappa shape index (κ1) is 32.9. The molecule has 1 heterocycles. The van der Waals surface area contributed by atoms with E-state index in [9.17, 15) is 41.1 Å². The monoisotopic (exact) mass is 637 g/mol. The zero-order chi connectivity index (χ0) is 32.2. The molecule has 1 aliphatic carbocycles. The van der Waals surface area contributed by atoms with Crippen LogP contribution in [0.3, 0.4) is 0 Å². The van der Waals surface area contributed by atoms with E-state index in [-0.39, 0.29) is 51.9 Å². The van der Waals surface area contributed by atoms with Crippen molar-refractivity contribution in [1.82, 2.24) is 19.8 Å². The van der Waals surface area contributed by atoms with Crippen LogP contribution in [0.2, 0.25) is 0 Å². The van der Waals surface area contributed by atoms with Gasteiger partial charge in [0, 0.05) is 23.3 Å². The van der Waals surface area contributed by atoms with Gasteiger partial charge in [-0.25, -0.2) is 9.37 Å². The van der Waals surface area contributed by atoms with Crippen LogP contribution in [0, 0.1) is 17.1 Å². The fraction of sp³-hybridized carbons (Fsp3) is 0.414. The van der Waals surface area contributed by atoms with Crippen molar-refractivity contribution < 1.29 is 40.1 Å². The zero-order valence-corrected chi connectivity index (χ0v) is 24.8. The average Bonchev–Trinajstić information content (AvgIpc) is 3.36. The molecule has 3 aromatic rings. The van der Waals surface area contributed by atoms with E-state index in [0.717, 1.165) is 31.4 Å². The number of benzene rings is 2. The van der Waals surface area contributed by atoms with E-state index in [0.29, 0.717) is 6.42 Å². The Kier molecular flexibility index (Phi) is 9.97. The number of hydrogen-bond acceptors (Lipinski definition) is 8. The number of alkyl halides is 3. The van der Waals surface area contributed by atoms with Crippen molar-refractivity contribution in [3.63, 3.8) is 0 Å². The number of halogens is 4. The summed E-state index contributed by atoms with van der Waals surface area (Å²) in [5.41, 5.74) is 0.245. The van der Waals surface area contributed by atoms with Crippen molar-refractivity contribution in [2.45, 2.75) is 57.0 Å². The van der Waals surface area contributed by atoms with Crippen molar-refractivity contribution in [2.24, 2.45) is 0 Å². The minimum atomic E-state index is -4.68. The van der Waals surface area contributed by atoms with Gasteiger partial charge in [-0.05, 0) is 82.2 Å². The van der Waals surface area contributed by atoms with Gasteiger partial charge in [0.1, 0.15) is 17.4 Å². The molecule has 1 aliphatic rings. The van der Waals surface area contributed by atoms with Gasteiger partial charge in [0.05, 0.1) is 36.1 Å². The Morgan fingerprint density at radius 3 is 2.52 bits per heavy atom. The highest BCUT2D eigenvalue weighted by molar-refractivity contribution is 7.87. The van der Waals surface area contributed by atoms with Gasteiger partial charge in [-0.3, -0.25) is 9.36 Å². The number of hydrogen-bond donors (Lipinski definition) is 2. The molecule has 1 amide bonds. The lowest BCUT2D eigenvalue weighted by molar-refractivity contribution is -0.130. The quantitative estimate of drug-likeness (QED) is 0.248. The number of amides is 1. The third-order valence-electron chi connectivity index (χ3n) is 7.29. The molecule has 0 saturated heterocycles. The number of nitrogens with one attached hydrogen (secondary N) is 1. The fourth-order valence-corrected chi connectivity index (χ4v) is 6.10. The van der Waals surface area contributed by atoms with Gasteiger partial charge in [0.15, 0.2) is 5.69 Å². The largest absolute Gasteiger partial charge is 0.390 e. The number of carbonyl (C=O) groups excluding carboxylic acids is 1. The van der Waals surface area contributed by atoms with Gasteiger partial charge in [-0.2, -0.15) is 26.9 Å². The minimum absolute atomic E-state index is 0.0106. The van der Waals surface area contributed by atoms with Crippen molar-refractivity contribution in [3.8, 4) is 28.9 Å². The molecule has 1 saturated carbocycles. The minimum Gasteiger partial charge on any atom is -0.390 e. The third kappa shape index (κ3) is 8.13. The molecule has 2 N–H and O–H groups in total. The average molecular weight is 638 g/mol. The molecule has 15 heteroatoms. The molecule has 0 radical (unpaired) electrons. The number of nitriles is 1. The lowest BCUT2D eigenvalue weighted by atomic mass is 9.90. The maximum atomic E-state index is 14.5. The van der Waals surface area contributed by atoms with Crippen LogP contribution < -0.4 is 9.50 Å². The predicted octanol–water partition coefficient (Wildman–Crippen LogP) is 4.31. The maximum Gasteiger partial charge on any atom is 0.390 e. The van der Waals surface area contributed by atoms with Crippen LogP contribution in [0.25, 0.3) is 17.1 Å². The lowest BCUT2D eigenvalue weighted by Gasteiger charge is -2.33. The number of imidazole rings is 1. The molecule has 0 aliphatic heterocycles. The van der Waals surface area contributed by atoms with Crippen LogP contribution >= 0.6 is 0 Å². The molecule has 236 valence electrons. The molecular formula is C29H31F4N5O5S. The summed E-state index contributed by atoms with van der Waals surface area (Å²) in [7, 11) is -0.624. The summed E-state index contributed by atoms with van der Waals surface area (Å²) in [4.78, 5) is 20.1. The molecule has 0 spiro atoms.